The zero-order valence-corrected chi connectivity index (χ0v) is 13.5. The molecule has 0 N–H and O–H groups in total. The van der Waals surface area contributed by atoms with Crippen LogP contribution in [0.15, 0.2) is 58.2 Å². The number of ether oxygens (including phenoxy) is 1. The molecule has 5 nitrogen and oxygen atoms in total. The van der Waals surface area contributed by atoms with E-state index >= 15 is 0 Å². The molecule has 0 aliphatic heterocycles. The van der Waals surface area contributed by atoms with Gasteiger partial charge in [0.25, 0.3) is 5.22 Å². The van der Waals surface area contributed by atoms with Gasteiger partial charge in [-0.3, -0.25) is 4.79 Å². The zero-order valence-electron chi connectivity index (χ0n) is 12.7. The number of benzene rings is 2. The maximum atomic E-state index is 13.6. The Balaban J connectivity index is 1.66. The van der Waals surface area contributed by atoms with Crippen molar-refractivity contribution in [2.75, 3.05) is 12.9 Å². The summed E-state index contributed by atoms with van der Waals surface area (Å²) in [4.78, 5) is 12.0. The number of carbonyl (C=O) groups excluding carboxylic acids is 1. The molecule has 3 rings (SSSR count). The Bertz CT molecular complexity index is 849. The molecule has 122 valence electrons. The van der Waals surface area contributed by atoms with Crippen LogP contribution in [0.4, 0.5) is 4.39 Å². The normalized spacial score (nSPS) is 10.6. The van der Waals surface area contributed by atoms with Crippen molar-refractivity contribution in [1.29, 1.82) is 0 Å². The molecular weight excluding hydrogens is 331 g/mol. The van der Waals surface area contributed by atoms with Crippen molar-refractivity contribution in [3.8, 4) is 17.2 Å². The highest BCUT2D eigenvalue weighted by molar-refractivity contribution is 7.99. The molecule has 3 aromatic rings. The number of rotatable bonds is 6. The molecule has 0 spiro atoms. The fourth-order valence-corrected chi connectivity index (χ4v) is 2.66. The van der Waals surface area contributed by atoms with Crippen molar-refractivity contribution in [3.05, 3.63) is 59.9 Å². The summed E-state index contributed by atoms with van der Waals surface area (Å²) in [5.41, 5.74) is 0.801. The van der Waals surface area contributed by atoms with Crippen molar-refractivity contribution in [1.82, 2.24) is 10.2 Å². The van der Waals surface area contributed by atoms with Gasteiger partial charge in [-0.2, -0.15) is 0 Å². The number of hydrogen-bond acceptors (Lipinski definition) is 6. The lowest BCUT2D eigenvalue weighted by Crippen LogP contribution is -2.04. The fourth-order valence-electron chi connectivity index (χ4n) is 2.01. The monoisotopic (exact) mass is 344 g/mol. The maximum absolute atomic E-state index is 13.6. The van der Waals surface area contributed by atoms with Gasteiger partial charge < -0.3 is 9.15 Å². The Morgan fingerprint density at radius 2 is 1.92 bits per heavy atom. The van der Waals surface area contributed by atoms with Gasteiger partial charge >= 0.3 is 0 Å². The average Bonchev–Trinajstić information content (AvgIpc) is 3.09. The molecule has 0 fully saturated rings. The lowest BCUT2D eigenvalue weighted by atomic mass is 10.1. The third kappa shape index (κ3) is 3.62. The number of carbonyl (C=O) groups is 1. The van der Waals surface area contributed by atoms with Crippen LogP contribution in [0.1, 0.15) is 10.4 Å². The molecule has 0 aliphatic carbocycles. The van der Waals surface area contributed by atoms with Gasteiger partial charge in [0.2, 0.25) is 5.89 Å². The molecule has 1 aromatic heterocycles. The summed E-state index contributed by atoms with van der Waals surface area (Å²) in [7, 11) is 1.59. The molecule has 0 aliphatic rings. The Morgan fingerprint density at radius 1 is 1.17 bits per heavy atom. The molecule has 0 radical (unpaired) electrons. The Hall–Kier alpha value is -2.67. The molecule has 24 heavy (non-hydrogen) atoms. The van der Waals surface area contributed by atoms with Crippen LogP contribution in [0.5, 0.6) is 5.75 Å². The first kappa shape index (κ1) is 16.2. The minimum Gasteiger partial charge on any atom is -0.497 e. The van der Waals surface area contributed by atoms with Crippen LogP contribution in [0.2, 0.25) is 0 Å². The SMILES string of the molecule is COc1ccc(-c2nnc(SCC(=O)c3ccccc3F)o2)cc1. The van der Waals surface area contributed by atoms with Gasteiger partial charge in [0.1, 0.15) is 11.6 Å². The quantitative estimate of drug-likeness (QED) is 0.500. The van der Waals surface area contributed by atoms with Gasteiger partial charge in [0, 0.05) is 5.56 Å². The summed E-state index contributed by atoms with van der Waals surface area (Å²) < 4.78 is 24.2. The van der Waals surface area contributed by atoms with Crippen LogP contribution < -0.4 is 4.74 Å². The number of Topliss-reactive ketones (excluding diaryl/α,β-unsaturated/α-hetero) is 1. The van der Waals surface area contributed by atoms with Crippen LogP contribution in [0.25, 0.3) is 11.5 Å². The van der Waals surface area contributed by atoms with E-state index in [0.717, 1.165) is 23.1 Å². The average molecular weight is 344 g/mol. The lowest BCUT2D eigenvalue weighted by Gasteiger charge is -2.00. The van der Waals surface area contributed by atoms with E-state index in [0.29, 0.717) is 5.89 Å². The van der Waals surface area contributed by atoms with E-state index in [9.17, 15) is 9.18 Å². The zero-order chi connectivity index (χ0) is 16.9. The first-order valence-electron chi connectivity index (χ1n) is 7.06. The van der Waals surface area contributed by atoms with E-state index in [1.807, 2.05) is 0 Å². The molecule has 0 amide bonds. The second-order valence-corrected chi connectivity index (χ2v) is 5.72. The van der Waals surface area contributed by atoms with E-state index in [1.54, 1.807) is 43.5 Å². The molecular formula is C17H13FN2O3S. The minimum atomic E-state index is -0.535. The van der Waals surface area contributed by atoms with E-state index in [4.69, 9.17) is 9.15 Å². The van der Waals surface area contributed by atoms with Crippen LogP contribution in [0.3, 0.4) is 0 Å². The predicted octanol–water partition coefficient (Wildman–Crippen LogP) is 3.86. The van der Waals surface area contributed by atoms with Crippen molar-refractivity contribution < 1.29 is 18.3 Å². The van der Waals surface area contributed by atoms with Gasteiger partial charge in [-0.15, -0.1) is 10.2 Å². The van der Waals surface area contributed by atoms with Crippen molar-refractivity contribution in [2.24, 2.45) is 0 Å². The lowest BCUT2D eigenvalue weighted by molar-refractivity contribution is 0.101. The molecule has 2 aromatic carbocycles. The molecule has 1 heterocycles. The summed E-state index contributed by atoms with van der Waals surface area (Å²) in [6.45, 7) is 0. The number of nitrogens with zero attached hydrogens (tertiary/aromatic N) is 2. The van der Waals surface area contributed by atoms with E-state index < -0.39 is 5.82 Å². The van der Waals surface area contributed by atoms with Gasteiger partial charge in [0.05, 0.1) is 18.4 Å². The molecule has 0 unspecified atom stereocenters. The van der Waals surface area contributed by atoms with Crippen molar-refractivity contribution >= 4 is 17.5 Å². The number of aromatic nitrogens is 2. The molecule has 0 bridgehead atoms. The number of methoxy groups -OCH3 is 1. The second kappa shape index (κ2) is 7.27. The van der Waals surface area contributed by atoms with Crippen LogP contribution in [0, 0.1) is 5.82 Å². The third-order valence-electron chi connectivity index (χ3n) is 3.24. The molecule has 0 saturated carbocycles. The van der Waals surface area contributed by atoms with Crippen LogP contribution in [-0.2, 0) is 0 Å². The fraction of sp³-hybridized carbons (Fsp3) is 0.118. The summed E-state index contributed by atoms with van der Waals surface area (Å²) >= 11 is 1.07. The van der Waals surface area contributed by atoms with E-state index in [2.05, 4.69) is 10.2 Å². The highest BCUT2D eigenvalue weighted by Gasteiger charge is 2.14. The highest BCUT2D eigenvalue weighted by atomic mass is 32.2. The summed E-state index contributed by atoms with van der Waals surface area (Å²) in [5.74, 6) is 0.224. The van der Waals surface area contributed by atoms with E-state index in [1.165, 1.54) is 12.1 Å². The standard InChI is InChI=1S/C17H13FN2O3S/c1-22-12-8-6-11(7-9-12)16-19-20-17(23-16)24-10-15(21)13-4-2-3-5-14(13)18/h2-9H,10H2,1H3. The first-order chi connectivity index (χ1) is 11.7. The van der Waals surface area contributed by atoms with Crippen molar-refractivity contribution in [3.63, 3.8) is 0 Å². The highest BCUT2D eigenvalue weighted by Crippen LogP contribution is 2.25. The Labute approximate surface area is 141 Å². The summed E-state index contributed by atoms with van der Waals surface area (Å²) in [5, 5.41) is 8.09. The number of ketones is 1. The predicted molar refractivity (Wildman–Crippen MR) is 87.7 cm³/mol. The minimum absolute atomic E-state index is 0.0190. The molecule has 7 heteroatoms. The number of thioether (sulfide) groups is 1. The van der Waals surface area contributed by atoms with Gasteiger partial charge in [0.15, 0.2) is 5.78 Å². The van der Waals surface area contributed by atoms with Crippen molar-refractivity contribution in [2.45, 2.75) is 5.22 Å². The van der Waals surface area contributed by atoms with E-state index in [-0.39, 0.29) is 22.3 Å². The molecule has 0 saturated heterocycles. The third-order valence-corrected chi connectivity index (χ3v) is 4.06. The second-order valence-electron chi connectivity index (χ2n) is 4.79. The Morgan fingerprint density at radius 3 is 2.62 bits per heavy atom. The summed E-state index contributed by atoms with van der Waals surface area (Å²) in [6.07, 6.45) is 0. The number of hydrogen-bond donors (Lipinski definition) is 0. The van der Waals surface area contributed by atoms with Gasteiger partial charge in [-0.25, -0.2) is 4.39 Å². The first-order valence-corrected chi connectivity index (χ1v) is 8.04. The van der Waals surface area contributed by atoms with Gasteiger partial charge in [-0.1, -0.05) is 23.9 Å². The van der Waals surface area contributed by atoms with Gasteiger partial charge in [-0.05, 0) is 36.4 Å². The van der Waals surface area contributed by atoms with Crippen LogP contribution >= 0.6 is 11.8 Å². The largest absolute Gasteiger partial charge is 0.497 e. The Kier molecular flexibility index (Phi) is 4.90. The van der Waals surface area contributed by atoms with Crippen LogP contribution in [-0.4, -0.2) is 28.8 Å². The smallest absolute Gasteiger partial charge is 0.277 e. The summed E-state index contributed by atoms with van der Waals surface area (Å²) in [6, 6.07) is 13.0. The number of halogens is 1. The topological polar surface area (TPSA) is 65.2 Å². The molecule has 0 atom stereocenters. The maximum Gasteiger partial charge on any atom is 0.277 e.